The lowest BCUT2D eigenvalue weighted by Crippen LogP contribution is -1.83. The van der Waals surface area contributed by atoms with Gasteiger partial charge in [-0.2, -0.15) is 0 Å². The van der Waals surface area contributed by atoms with Crippen LogP contribution in [-0.2, 0) is 0 Å². The van der Waals surface area contributed by atoms with Crippen molar-refractivity contribution >= 4 is 32.9 Å². The Morgan fingerprint density at radius 2 is 1.55 bits per heavy atom. The minimum atomic E-state index is -0.271. The summed E-state index contributed by atoms with van der Waals surface area (Å²) in [5.41, 5.74) is 4.91. The summed E-state index contributed by atoms with van der Waals surface area (Å²) in [6.07, 6.45) is 1.79. The molecule has 0 saturated carbocycles. The van der Waals surface area contributed by atoms with Crippen molar-refractivity contribution in [3.05, 3.63) is 90.9 Å². The quantitative estimate of drug-likeness (QED) is 0.319. The maximum absolute atomic E-state index is 13.2. The molecule has 0 unspecified atom stereocenters. The van der Waals surface area contributed by atoms with E-state index in [0.717, 1.165) is 49.7 Å². The maximum atomic E-state index is 13.2. The Kier molecular flexibility index (Phi) is 3.35. The molecule has 0 amide bonds. The van der Waals surface area contributed by atoms with E-state index in [0.29, 0.717) is 5.76 Å². The molecule has 0 aliphatic rings. The van der Waals surface area contributed by atoms with Gasteiger partial charge in [0.15, 0.2) is 0 Å². The monoisotopic (exact) mass is 379 g/mol. The highest BCUT2D eigenvalue weighted by molar-refractivity contribution is 6.09. The minimum absolute atomic E-state index is 0.271. The number of hydrogen-bond acceptors (Lipinski definition) is 3. The van der Waals surface area contributed by atoms with E-state index in [4.69, 9.17) is 8.83 Å². The lowest BCUT2D eigenvalue weighted by molar-refractivity contribution is 0.623. The summed E-state index contributed by atoms with van der Waals surface area (Å²) in [7, 11) is 0. The highest BCUT2D eigenvalue weighted by Gasteiger charge is 2.14. The van der Waals surface area contributed by atoms with Crippen LogP contribution in [-0.4, -0.2) is 4.98 Å². The molecule has 0 fully saturated rings. The van der Waals surface area contributed by atoms with Gasteiger partial charge in [0.05, 0.1) is 5.69 Å². The van der Waals surface area contributed by atoms with E-state index in [1.165, 1.54) is 12.1 Å². The Hall–Kier alpha value is -3.92. The predicted octanol–water partition coefficient (Wildman–Crippen LogP) is 7.20. The van der Waals surface area contributed by atoms with Gasteiger partial charge in [-0.1, -0.05) is 30.3 Å². The topological polar surface area (TPSA) is 39.2 Å². The summed E-state index contributed by atoms with van der Waals surface area (Å²) in [6, 6.07) is 24.2. The normalized spacial score (nSPS) is 11.6. The van der Waals surface area contributed by atoms with Crippen LogP contribution in [0.4, 0.5) is 4.39 Å². The number of hydrogen-bond donors (Lipinski definition) is 0. The van der Waals surface area contributed by atoms with E-state index in [-0.39, 0.29) is 5.82 Å². The Morgan fingerprint density at radius 1 is 0.724 bits per heavy atom. The average Bonchev–Trinajstić information content (AvgIpc) is 3.35. The van der Waals surface area contributed by atoms with Crippen LogP contribution in [0.5, 0.6) is 0 Å². The fourth-order valence-corrected chi connectivity index (χ4v) is 3.79. The molecule has 0 N–H and O–H groups in total. The highest BCUT2D eigenvalue weighted by atomic mass is 19.1. The summed E-state index contributed by atoms with van der Waals surface area (Å²) in [5.74, 6) is 0.411. The van der Waals surface area contributed by atoms with Gasteiger partial charge in [0.25, 0.3) is 0 Å². The van der Waals surface area contributed by atoms with Gasteiger partial charge in [0.2, 0.25) is 0 Å². The van der Waals surface area contributed by atoms with Gasteiger partial charge in [-0.3, -0.25) is 4.98 Å². The molecule has 6 rings (SSSR count). The molecule has 4 heteroatoms. The van der Waals surface area contributed by atoms with Gasteiger partial charge in [-0.25, -0.2) is 4.39 Å². The van der Waals surface area contributed by atoms with Crippen molar-refractivity contribution in [2.75, 3.05) is 0 Å². The van der Waals surface area contributed by atoms with Gasteiger partial charge >= 0.3 is 0 Å². The Bertz CT molecular complexity index is 1510. The molecule has 0 atom stereocenters. The molecule has 0 aliphatic heterocycles. The van der Waals surface area contributed by atoms with E-state index in [1.54, 1.807) is 18.3 Å². The standard InChI is InChI=1S/C25H14FNO2/c26-17-10-8-15(9-11-17)23-12-16-14-27-21(13-24(16)28-23)20-6-3-5-19-18-4-1-2-7-22(18)29-25(19)20/h1-14H. The third-order valence-corrected chi connectivity index (χ3v) is 5.21. The van der Waals surface area contributed by atoms with Crippen molar-refractivity contribution in [2.45, 2.75) is 0 Å². The molecule has 138 valence electrons. The van der Waals surface area contributed by atoms with Crippen molar-refractivity contribution in [3.63, 3.8) is 0 Å². The number of aromatic nitrogens is 1. The number of pyridine rings is 1. The maximum Gasteiger partial charge on any atom is 0.144 e. The van der Waals surface area contributed by atoms with Crippen molar-refractivity contribution < 1.29 is 13.2 Å². The largest absolute Gasteiger partial charge is 0.456 e. The molecule has 3 aromatic carbocycles. The van der Waals surface area contributed by atoms with Crippen molar-refractivity contribution in [1.29, 1.82) is 0 Å². The van der Waals surface area contributed by atoms with Crippen molar-refractivity contribution in [2.24, 2.45) is 0 Å². The highest BCUT2D eigenvalue weighted by Crippen LogP contribution is 2.36. The SMILES string of the molecule is Fc1ccc(-c2cc3cnc(-c4cccc5c4oc4ccccc45)cc3o2)cc1. The van der Waals surface area contributed by atoms with Crippen LogP contribution in [0.2, 0.25) is 0 Å². The van der Waals surface area contributed by atoms with Crippen LogP contribution in [0, 0.1) is 5.82 Å². The first kappa shape index (κ1) is 16.1. The zero-order valence-corrected chi connectivity index (χ0v) is 15.2. The van der Waals surface area contributed by atoms with Gasteiger partial charge in [0, 0.05) is 39.5 Å². The molecular formula is C25H14FNO2. The number of rotatable bonds is 2. The predicted molar refractivity (Wildman–Crippen MR) is 112 cm³/mol. The second-order valence-corrected chi connectivity index (χ2v) is 7.01. The van der Waals surface area contributed by atoms with E-state index in [2.05, 4.69) is 17.1 Å². The van der Waals surface area contributed by atoms with Crippen LogP contribution in [0.3, 0.4) is 0 Å². The van der Waals surface area contributed by atoms with E-state index in [1.807, 2.05) is 42.5 Å². The van der Waals surface area contributed by atoms with Crippen LogP contribution < -0.4 is 0 Å². The number of benzene rings is 3. The molecule has 29 heavy (non-hydrogen) atoms. The summed E-state index contributed by atoms with van der Waals surface area (Å²) in [5, 5.41) is 3.04. The molecule has 3 aromatic heterocycles. The Morgan fingerprint density at radius 3 is 2.45 bits per heavy atom. The summed E-state index contributed by atoms with van der Waals surface area (Å²) >= 11 is 0. The fraction of sp³-hybridized carbons (Fsp3) is 0. The summed E-state index contributed by atoms with van der Waals surface area (Å²) in [6.45, 7) is 0. The lowest BCUT2D eigenvalue weighted by Gasteiger charge is -2.01. The van der Waals surface area contributed by atoms with Crippen LogP contribution >= 0.6 is 0 Å². The Balaban J connectivity index is 1.52. The molecular weight excluding hydrogens is 365 g/mol. The van der Waals surface area contributed by atoms with E-state index < -0.39 is 0 Å². The molecule has 0 bridgehead atoms. The number of fused-ring (bicyclic) bond motifs is 4. The molecule has 0 aliphatic carbocycles. The molecule has 6 aromatic rings. The van der Waals surface area contributed by atoms with Crippen LogP contribution in [0.15, 0.2) is 93.9 Å². The number of para-hydroxylation sites is 2. The summed E-state index contributed by atoms with van der Waals surface area (Å²) < 4.78 is 25.4. The first-order chi connectivity index (χ1) is 14.3. The second-order valence-electron chi connectivity index (χ2n) is 7.01. The third-order valence-electron chi connectivity index (χ3n) is 5.21. The van der Waals surface area contributed by atoms with Gasteiger partial charge in [-0.15, -0.1) is 0 Å². The molecule has 0 radical (unpaired) electrons. The fourth-order valence-electron chi connectivity index (χ4n) is 3.79. The van der Waals surface area contributed by atoms with Crippen molar-refractivity contribution in [1.82, 2.24) is 4.98 Å². The van der Waals surface area contributed by atoms with Crippen LogP contribution in [0.1, 0.15) is 0 Å². The van der Waals surface area contributed by atoms with E-state index in [9.17, 15) is 4.39 Å². The number of halogens is 1. The second kappa shape index (κ2) is 6.04. The van der Waals surface area contributed by atoms with E-state index >= 15 is 0 Å². The zero-order chi connectivity index (χ0) is 19.4. The lowest BCUT2D eigenvalue weighted by atomic mass is 10.1. The number of nitrogens with zero attached hydrogens (tertiary/aromatic N) is 1. The number of furan rings is 2. The zero-order valence-electron chi connectivity index (χ0n) is 15.2. The summed E-state index contributed by atoms with van der Waals surface area (Å²) in [4.78, 5) is 4.64. The molecule has 3 heterocycles. The average molecular weight is 379 g/mol. The van der Waals surface area contributed by atoms with Gasteiger partial charge in [-0.05, 0) is 42.5 Å². The third kappa shape index (κ3) is 2.53. The van der Waals surface area contributed by atoms with Gasteiger partial charge in [0.1, 0.15) is 28.3 Å². The minimum Gasteiger partial charge on any atom is -0.456 e. The molecule has 3 nitrogen and oxygen atoms in total. The smallest absolute Gasteiger partial charge is 0.144 e. The first-order valence-corrected chi connectivity index (χ1v) is 9.32. The van der Waals surface area contributed by atoms with Crippen molar-refractivity contribution in [3.8, 4) is 22.6 Å². The first-order valence-electron chi connectivity index (χ1n) is 9.32. The van der Waals surface area contributed by atoms with Gasteiger partial charge < -0.3 is 8.83 Å². The molecule has 0 saturated heterocycles. The molecule has 0 spiro atoms. The Labute approximate surface area is 165 Å². The van der Waals surface area contributed by atoms with Crippen LogP contribution in [0.25, 0.3) is 55.5 Å².